The van der Waals surface area contributed by atoms with Gasteiger partial charge in [0.25, 0.3) is 5.91 Å². The van der Waals surface area contributed by atoms with Crippen molar-refractivity contribution in [1.29, 1.82) is 5.26 Å². The Morgan fingerprint density at radius 1 is 0.885 bits per heavy atom. The van der Waals surface area contributed by atoms with Crippen LogP contribution in [-0.2, 0) is 25.6 Å². The zero-order valence-corrected chi connectivity index (χ0v) is 35.1. The number of aryl methyl sites for hydroxylation is 1. The summed E-state index contributed by atoms with van der Waals surface area (Å²) in [4.78, 5) is 68.8. The summed E-state index contributed by atoms with van der Waals surface area (Å²) in [6.45, 7) is 3.90. The van der Waals surface area contributed by atoms with Crippen molar-refractivity contribution in [3.8, 4) is 39.8 Å². The molecular formula is C44H52ClN9O7. The van der Waals surface area contributed by atoms with E-state index in [1.54, 1.807) is 67.6 Å². The summed E-state index contributed by atoms with van der Waals surface area (Å²) in [5, 5.41) is 20.1. The minimum absolute atomic E-state index is 0.0252. The summed E-state index contributed by atoms with van der Waals surface area (Å²) in [5.74, 6) is -2.30. The molecular weight excluding hydrogens is 802 g/mol. The molecule has 2 unspecified atom stereocenters. The lowest BCUT2D eigenvalue weighted by molar-refractivity contribution is -0.139. The minimum atomic E-state index is -1.31. The number of hydrogen-bond acceptors (Lipinski definition) is 11. The highest BCUT2D eigenvalue weighted by molar-refractivity contribution is 6.30. The number of fused-ring (bicyclic) bond motifs is 5. The number of carbonyl (C=O) groups is 5. The second kappa shape index (κ2) is 23.3. The van der Waals surface area contributed by atoms with E-state index in [0.717, 1.165) is 17.7 Å². The molecule has 1 heterocycles. The molecule has 10 N–H and O–H groups in total. The van der Waals surface area contributed by atoms with Crippen molar-refractivity contribution < 1.29 is 33.4 Å². The summed E-state index contributed by atoms with van der Waals surface area (Å²) in [6, 6.07) is 22.2. The number of nitrogens with two attached hydrogens (primary N) is 3. The molecule has 2 atom stereocenters. The van der Waals surface area contributed by atoms with Crippen LogP contribution in [0.15, 0.2) is 78.9 Å². The zero-order chi connectivity index (χ0) is 44.5. The van der Waals surface area contributed by atoms with Crippen LogP contribution in [-0.4, -0.2) is 100 Å². The van der Waals surface area contributed by atoms with Gasteiger partial charge in [-0.2, -0.15) is 5.26 Å². The van der Waals surface area contributed by atoms with Gasteiger partial charge in [-0.1, -0.05) is 54.9 Å². The van der Waals surface area contributed by atoms with Crippen LogP contribution >= 0.6 is 11.6 Å². The first-order chi connectivity index (χ1) is 29.3. The Morgan fingerprint density at radius 2 is 1.51 bits per heavy atom. The number of nitrogens with zero attached hydrogens (tertiary/aromatic N) is 2. The SMILES string of the molecule is CCN.Cc1cc(-c2ccc(Cl)cc2)ccc1C(=O)NCC(=O)N(C)C1C(=O)NCC(=O)NC(C(=O)NCC#N)Cc2ccc(OCCN)c(c2)-c2cc1ccc2OCCN. The Kier molecular flexibility index (Phi) is 18.0. The Bertz CT molecular complexity index is 2230. The van der Waals surface area contributed by atoms with Crippen molar-refractivity contribution >= 4 is 41.1 Å². The molecule has 1 aliphatic heterocycles. The van der Waals surface area contributed by atoms with E-state index >= 15 is 0 Å². The van der Waals surface area contributed by atoms with Crippen LogP contribution in [0.4, 0.5) is 0 Å². The lowest BCUT2D eigenvalue weighted by Gasteiger charge is -2.29. The van der Waals surface area contributed by atoms with Crippen LogP contribution in [0.3, 0.4) is 0 Å². The van der Waals surface area contributed by atoms with Gasteiger partial charge >= 0.3 is 0 Å². The molecule has 1 aliphatic rings. The number of rotatable bonds is 13. The molecule has 4 aromatic carbocycles. The number of halogens is 1. The van der Waals surface area contributed by atoms with Crippen molar-refractivity contribution in [2.24, 2.45) is 17.2 Å². The minimum Gasteiger partial charge on any atom is -0.492 e. The molecule has 0 saturated carbocycles. The van der Waals surface area contributed by atoms with Crippen molar-refractivity contribution in [3.63, 3.8) is 0 Å². The normalized spacial score (nSPS) is 14.7. The van der Waals surface area contributed by atoms with Crippen molar-refractivity contribution in [2.75, 3.05) is 59.5 Å². The van der Waals surface area contributed by atoms with Crippen molar-refractivity contribution in [1.82, 2.24) is 26.2 Å². The van der Waals surface area contributed by atoms with Crippen LogP contribution in [0.2, 0.25) is 5.02 Å². The van der Waals surface area contributed by atoms with Gasteiger partial charge in [0, 0.05) is 48.3 Å². The van der Waals surface area contributed by atoms with Gasteiger partial charge in [0.2, 0.25) is 23.6 Å². The van der Waals surface area contributed by atoms with Crippen LogP contribution in [0, 0.1) is 18.3 Å². The number of benzene rings is 4. The number of likely N-dealkylation sites (N-methyl/N-ethyl adjacent to an activating group) is 1. The third kappa shape index (κ3) is 13.0. The lowest BCUT2D eigenvalue weighted by Crippen LogP contribution is -2.52. The largest absolute Gasteiger partial charge is 0.492 e. The van der Waals surface area contributed by atoms with Gasteiger partial charge < -0.3 is 52.8 Å². The van der Waals surface area contributed by atoms with E-state index in [4.69, 9.17) is 43.5 Å². The van der Waals surface area contributed by atoms with Gasteiger partial charge in [0.05, 0.1) is 19.2 Å². The molecule has 0 fully saturated rings. The maximum absolute atomic E-state index is 14.1. The summed E-state index contributed by atoms with van der Waals surface area (Å²) in [7, 11) is 1.42. The van der Waals surface area contributed by atoms with E-state index in [-0.39, 0.29) is 39.3 Å². The first kappa shape index (κ1) is 47.2. The highest BCUT2D eigenvalue weighted by atomic mass is 35.5. The number of amides is 5. The molecule has 322 valence electrons. The van der Waals surface area contributed by atoms with Crippen molar-refractivity contribution in [2.45, 2.75) is 32.4 Å². The molecule has 61 heavy (non-hydrogen) atoms. The van der Waals surface area contributed by atoms with Gasteiger partial charge in [0.15, 0.2) is 0 Å². The van der Waals surface area contributed by atoms with Gasteiger partial charge in [0.1, 0.15) is 43.3 Å². The van der Waals surface area contributed by atoms with Crippen LogP contribution in [0.1, 0.15) is 40.0 Å². The van der Waals surface area contributed by atoms with Gasteiger partial charge in [-0.15, -0.1) is 0 Å². The van der Waals surface area contributed by atoms with Gasteiger partial charge in [-0.05, 0) is 83.8 Å². The van der Waals surface area contributed by atoms with Gasteiger partial charge in [-0.3, -0.25) is 24.0 Å². The number of carbonyl (C=O) groups excluding carboxylic acids is 5. The maximum Gasteiger partial charge on any atom is 0.251 e. The Hall–Kier alpha value is -6.51. The zero-order valence-electron chi connectivity index (χ0n) is 34.4. The maximum atomic E-state index is 14.1. The molecule has 0 saturated heterocycles. The van der Waals surface area contributed by atoms with E-state index in [9.17, 15) is 24.0 Å². The fourth-order valence-corrected chi connectivity index (χ4v) is 6.57. The molecule has 0 radical (unpaired) electrons. The van der Waals surface area contributed by atoms with Crippen LogP contribution < -0.4 is 47.9 Å². The highest BCUT2D eigenvalue weighted by Crippen LogP contribution is 2.40. The number of nitriles is 1. The second-order valence-corrected chi connectivity index (χ2v) is 14.2. The third-order valence-corrected chi connectivity index (χ3v) is 9.59. The van der Waals surface area contributed by atoms with Crippen molar-refractivity contribution in [3.05, 3.63) is 106 Å². The molecule has 5 rings (SSSR count). The Morgan fingerprint density at radius 3 is 2.13 bits per heavy atom. The van der Waals surface area contributed by atoms with E-state index < -0.39 is 54.7 Å². The predicted octanol–water partition coefficient (Wildman–Crippen LogP) is 2.35. The quantitative estimate of drug-likeness (QED) is 0.0961. The monoisotopic (exact) mass is 853 g/mol. The van der Waals surface area contributed by atoms with Crippen LogP contribution in [0.5, 0.6) is 11.5 Å². The molecule has 0 aromatic heterocycles. The summed E-state index contributed by atoms with van der Waals surface area (Å²) in [6.07, 6.45) is 0.0252. The smallest absolute Gasteiger partial charge is 0.251 e. The average Bonchev–Trinajstić information content (AvgIpc) is 3.25. The molecule has 4 aromatic rings. The first-order valence-corrected chi connectivity index (χ1v) is 20.0. The fourth-order valence-electron chi connectivity index (χ4n) is 6.45. The Balaban J connectivity index is 0.00000265. The van der Waals surface area contributed by atoms with E-state index in [1.807, 2.05) is 31.2 Å². The second-order valence-electron chi connectivity index (χ2n) is 13.8. The third-order valence-electron chi connectivity index (χ3n) is 9.34. The number of nitrogens with one attached hydrogen (secondary N) is 4. The molecule has 16 nitrogen and oxygen atoms in total. The summed E-state index contributed by atoms with van der Waals surface area (Å²) < 4.78 is 12.1. The fraction of sp³-hybridized carbons (Fsp3) is 0.318. The summed E-state index contributed by atoms with van der Waals surface area (Å²) in [5.41, 5.74) is 21.2. The highest BCUT2D eigenvalue weighted by Gasteiger charge is 2.32. The average molecular weight is 854 g/mol. The van der Waals surface area contributed by atoms with E-state index in [0.29, 0.717) is 49.9 Å². The number of ether oxygens (including phenoxy) is 2. The molecule has 5 amide bonds. The van der Waals surface area contributed by atoms with E-state index in [2.05, 4.69) is 21.3 Å². The molecule has 0 spiro atoms. The Labute approximate surface area is 360 Å². The molecule has 17 heteroatoms. The molecule has 4 bridgehead atoms. The van der Waals surface area contributed by atoms with Gasteiger partial charge in [-0.25, -0.2) is 0 Å². The standard InChI is InChI=1S/C42H45ClN8O7.C2H7N/c1-25-19-28(27-4-8-30(43)9-5-27)6-10-31(25)40(54)49-24-38(53)51(2)39-29-7-12-36(58-18-15-46)33(22-29)32-20-26(3-11-35(32)57-17-14-45)21-34(41(55)47-16-13-44)50-37(52)23-48-42(39)56;1-2-3/h3-12,19-20,22,34,39H,14-18,21,23-24,45-46H2,1-2H3,(H,47,55)(H,48,56)(H,49,54)(H,50,52);2-3H2,1H3. The van der Waals surface area contributed by atoms with E-state index in [1.165, 1.54) is 11.9 Å². The number of hydrogen-bond donors (Lipinski definition) is 7. The first-order valence-electron chi connectivity index (χ1n) is 19.6. The predicted molar refractivity (Wildman–Crippen MR) is 232 cm³/mol. The van der Waals surface area contributed by atoms with Crippen LogP contribution in [0.25, 0.3) is 22.3 Å². The summed E-state index contributed by atoms with van der Waals surface area (Å²) >= 11 is 6.04. The molecule has 0 aliphatic carbocycles. The lowest BCUT2D eigenvalue weighted by atomic mass is 9.93. The topological polar surface area (TPSA) is 257 Å².